The first-order chi connectivity index (χ1) is 10.8. The van der Waals surface area contributed by atoms with Crippen molar-refractivity contribution in [2.24, 2.45) is 0 Å². The van der Waals surface area contributed by atoms with E-state index < -0.39 is 10.0 Å². The average molecular weight is 355 g/mol. The Bertz CT molecular complexity index is 871. The quantitative estimate of drug-likeness (QED) is 0.771. The first kappa shape index (κ1) is 16.0. The Labute approximate surface area is 139 Å². The number of halogens is 1. The molecule has 6 nitrogen and oxygen atoms in total. The summed E-state index contributed by atoms with van der Waals surface area (Å²) in [5.41, 5.74) is 0.846. The fourth-order valence-electron chi connectivity index (χ4n) is 2.34. The number of ketones is 1. The zero-order chi connectivity index (χ0) is 16.8. The molecule has 1 aromatic heterocycles. The molecule has 0 aliphatic heterocycles. The maximum Gasteiger partial charge on any atom is 0.232 e. The molecular weight excluding hydrogens is 340 g/mol. The van der Waals surface area contributed by atoms with Crippen LogP contribution in [0.5, 0.6) is 0 Å². The van der Waals surface area contributed by atoms with Crippen molar-refractivity contribution in [3.63, 3.8) is 0 Å². The summed E-state index contributed by atoms with van der Waals surface area (Å²) in [6, 6.07) is 4.53. The average Bonchev–Trinajstić information content (AvgIpc) is 3.22. The molecule has 0 atom stereocenters. The van der Waals surface area contributed by atoms with Crippen LogP contribution in [0.1, 0.15) is 40.4 Å². The van der Waals surface area contributed by atoms with Gasteiger partial charge in [-0.3, -0.25) is 9.10 Å². The van der Waals surface area contributed by atoms with Gasteiger partial charge in [-0.25, -0.2) is 8.42 Å². The number of hydrogen-bond donors (Lipinski definition) is 0. The normalized spacial score (nSPS) is 14.7. The van der Waals surface area contributed by atoms with Crippen LogP contribution in [0.3, 0.4) is 0 Å². The molecule has 8 heteroatoms. The van der Waals surface area contributed by atoms with E-state index in [1.54, 1.807) is 6.07 Å². The maximum atomic E-state index is 12.9. The van der Waals surface area contributed by atoms with Gasteiger partial charge in [-0.05, 0) is 31.0 Å². The Hall–Kier alpha value is -1.86. The van der Waals surface area contributed by atoms with Gasteiger partial charge < -0.3 is 4.52 Å². The van der Waals surface area contributed by atoms with Gasteiger partial charge in [0.1, 0.15) is 0 Å². The number of anilines is 1. The summed E-state index contributed by atoms with van der Waals surface area (Å²) < 4.78 is 29.9. The lowest BCUT2D eigenvalue weighted by molar-refractivity contribution is 0.103. The van der Waals surface area contributed by atoms with E-state index in [2.05, 4.69) is 5.16 Å². The molecule has 1 aromatic carbocycles. The topological polar surface area (TPSA) is 80.5 Å². The summed E-state index contributed by atoms with van der Waals surface area (Å²) in [6.45, 7) is 0. The Balaban J connectivity index is 2.09. The zero-order valence-electron chi connectivity index (χ0n) is 12.6. The largest absolute Gasteiger partial charge is 0.360 e. The molecule has 1 heterocycles. The van der Waals surface area contributed by atoms with Gasteiger partial charge in [-0.1, -0.05) is 16.8 Å². The van der Waals surface area contributed by atoms with Crippen molar-refractivity contribution >= 4 is 33.1 Å². The van der Waals surface area contributed by atoms with Crippen LogP contribution in [0.4, 0.5) is 5.69 Å². The summed E-state index contributed by atoms with van der Waals surface area (Å²) >= 11 is 5.97. The van der Waals surface area contributed by atoms with E-state index in [1.165, 1.54) is 25.4 Å². The number of sulfonamides is 1. The number of aromatic nitrogens is 1. The first-order valence-electron chi connectivity index (χ1n) is 7.01. The van der Waals surface area contributed by atoms with Crippen molar-refractivity contribution in [3.8, 4) is 0 Å². The van der Waals surface area contributed by atoms with Gasteiger partial charge >= 0.3 is 0 Å². The molecule has 0 saturated heterocycles. The molecule has 0 bridgehead atoms. The molecule has 23 heavy (non-hydrogen) atoms. The Kier molecular flexibility index (Phi) is 3.93. The van der Waals surface area contributed by atoms with Gasteiger partial charge in [0, 0.05) is 23.6 Å². The molecule has 2 aromatic rings. The molecule has 122 valence electrons. The first-order valence-corrected chi connectivity index (χ1v) is 9.24. The number of benzene rings is 1. The molecular formula is C15H15ClN2O4S. The van der Waals surface area contributed by atoms with Crippen molar-refractivity contribution in [2.45, 2.75) is 18.8 Å². The van der Waals surface area contributed by atoms with Gasteiger partial charge in [-0.15, -0.1) is 0 Å². The molecule has 3 rings (SSSR count). The van der Waals surface area contributed by atoms with Crippen LogP contribution in [0.25, 0.3) is 0 Å². The number of hydrogen-bond acceptors (Lipinski definition) is 5. The molecule has 0 amide bonds. The highest BCUT2D eigenvalue weighted by Crippen LogP contribution is 2.42. The van der Waals surface area contributed by atoms with Crippen LogP contribution in [-0.4, -0.2) is 32.7 Å². The standard InChI is InChI=1S/C15H15ClN2O4S/c1-18(23(2,20)21)13-7-10(16)5-6-11(13)14(19)12-8-17-22-15(12)9-3-4-9/h5-9H,3-4H2,1-2H3. The van der Waals surface area contributed by atoms with Gasteiger partial charge in [0.15, 0.2) is 11.5 Å². The van der Waals surface area contributed by atoms with Crippen molar-refractivity contribution in [3.05, 3.63) is 46.3 Å². The SMILES string of the molecule is CN(c1cc(Cl)ccc1C(=O)c1cnoc1C1CC1)S(C)(=O)=O. The minimum atomic E-state index is -3.53. The molecule has 0 N–H and O–H groups in total. The second kappa shape index (κ2) is 5.65. The fourth-order valence-corrected chi connectivity index (χ4v) is 3.01. The highest BCUT2D eigenvalue weighted by molar-refractivity contribution is 7.92. The van der Waals surface area contributed by atoms with Crippen LogP contribution in [-0.2, 0) is 10.0 Å². The lowest BCUT2D eigenvalue weighted by Gasteiger charge is -2.20. The number of nitrogens with zero attached hydrogens (tertiary/aromatic N) is 2. The Morgan fingerprint density at radius 1 is 1.35 bits per heavy atom. The highest BCUT2D eigenvalue weighted by atomic mass is 35.5. The van der Waals surface area contributed by atoms with Crippen molar-refractivity contribution < 1.29 is 17.7 Å². The monoisotopic (exact) mass is 354 g/mol. The maximum absolute atomic E-state index is 12.9. The van der Waals surface area contributed by atoms with E-state index >= 15 is 0 Å². The van der Waals surface area contributed by atoms with Crippen LogP contribution in [0, 0.1) is 0 Å². The predicted molar refractivity (Wildman–Crippen MR) is 86.6 cm³/mol. The van der Waals surface area contributed by atoms with E-state index in [4.69, 9.17) is 16.1 Å². The lowest BCUT2D eigenvalue weighted by Crippen LogP contribution is -2.26. The molecule has 0 unspecified atom stereocenters. The molecule has 1 fully saturated rings. The minimum absolute atomic E-state index is 0.222. The molecule has 1 aliphatic carbocycles. The third-order valence-corrected chi connectivity index (χ3v) is 5.26. The van der Waals surface area contributed by atoms with E-state index in [9.17, 15) is 13.2 Å². The van der Waals surface area contributed by atoms with Gasteiger partial charge in [0.05, 0.1) is 23.7 Å². The number of carbonyl (C=O) groups excluding carboxylic acids is 1. The van der Waals surface area contributed by atoms with Crippen LogP contribution in [0.2, 0.25) is 5.02 Å². The summed E-state index contributed by atoms with van der Waals surface area (Å²) in [6.07, 6.45) is 4.38. The van der Waals surface area contributed by atoms with Crippen LogP contribution in [0.15, 0.2) is 28.9 Å². The lowest BCUT2D eigenvalue weighted by atomic mass is 10.0. The third-order valence-electron chi connectivity index (χ3n) is 3.83. The van der Waals surface area contributed by atoms with Crippen LogP contribution < -0.4 is 4.31 Å². The summed E-state index contributed by atoms with van der Waals surface area (Å²) in [5.74, 6) is 0.466. The molecule has 0 radical (unpaired) electrons. The molecule has 1 saturated carbocycles. The van der Waals surface area contributed by atoms with E-state index in [-0.39, 0.29) is 23.0 Å². The van der Waals surface area contributed by atoms with Crippen LogP contribution >= 0.6 is 11.6 Å². The Morgan fingerprint density at radius 2 is 2.04 bits per heavy atom. The second-order valence-electron chi connectivity index (χ2n) is 5.60. The molecule has 0 spiro atoms. The van der Waals surface area contributed by atoms with E-state index in [1.807, 2.05) is 0 Å². The second-order valence-corrected chi connectivity index (χ2v) is 8.05. The third kappa shape index (κ3) is 3.11. The van der Waals surface area contributed by atoms with Gasteiger partial charge in [0.25, 0.3) is 0 Å². The summed E-state index contributed by atoms with van der Waals surface area (Å²) in [5, 5.41) is 4.06. The van der Waals surface area contributed by atoms with E-state index in [0.29, 0.717) is 16.3 Å². The zero-order valence-corrected chi connectivity index (χ0v) is 14.2. The summed E-state index contributed by atoms with van der Waals surface area (Å²) in [4.78, 5) is 12.9. The van der Waals surface area contributed by atoms with Crippen molar-refractivity contribution in [2.75, 3.05) is 17.6 Å². The minimum Gasteiger partial charge on any atom is -0.360 e. The predicted octanol–water partition coefficient (Wildman–Crippen LogP) is 2.83. The fraction of sp³-hybridized carbons (Fsp3) is 0.333. The summed E-state index contributed by atoms with van der Waals surface area (Å²) in [7, 11) is -2.15. The van der Waals surface area contributed by atoms with Crippen molar-refractivity contribution in [1.82, 2.24) is 5.16 Å². The number of rotatable bonds is 5. The van der Waals surface area contributed by atoms with E-state index in [0.717, 1.165) is 23.4 Å². The smallest absolute Gasteiger partial charge is 0.232 e. The highest BCUT2D eigenvalue weighted by Gasteiger charge is 2.33. The van der Waals surface area contributed by atoms with Gasteiger partial charge in [0.2, 0.25) is 10.0 Å². The molecule has 1 aliphatic rings. The van der Waals surface area contributed by atoms with Gasteiger partial charge in [-0.2, -0.15) is 0 Å². The number of carbonyl (C=O) groups is 1. The van der Waals surface area contributed by atoms with Crippen molar-refractivity contribution in [1.29, 1.82) is 0 Å². The Morgan fingerprint density at radius 3 is 2.65 bits per heavy atom.